The van der Waals surface area contributed by atoms with E-state index in [1.165, 1.54) is 18.9 Å². The third-order valence-electron chi connectivity index (χ3n) is 7.08. The molecule has 3 N–H and O–H groups in total. The molecule has 0 fully saturated rings. The zero-order valence-corrected chi connectivity index (χ0v) is 25.9. The lowest BCUT2D eigenvalue weighted by Crippen LogP contribution is -2.55. The number of carbonyl (C=O) groups is 6. The van der Waals surface area contributed by atoms with Gasteiger partial charge in [0.05, 0.1) is 16.4 Å². The minimum atomic E-state index is -0.913. The van der Waals surface area contributed by atoms with Crippen molar-refractivity contribution in [2.45, 2.75) is 70.2 Å². The Morgan fingerprint density at radius 1 is 0.791 bits per heavy atom. The molecule has 0 bridgehead atoms. The van der Waals surface area contributed by atoms with Gasteiger partial charge in [0.2, 0.25) is 17.7 Å². The largest absolute Gasteiger partial charge is 0.357 e. The fourth-order valence-electron chi connectivity index (χ4n) is 4.96. The van der Waals surface area contributed by atoms with Crippen LogP contribution in [0.25, 0.3) is 0 Å². The van der Waals surface area contributed by atoms with Crippen LogP contribution in [-0.4, -0.2) is 70.5 Å². The lowest BCUT2D eigenvalue weighted by Gasteiger charge is -2.25. The van der Waals surface area contributed by atoms with Gasteiger partial charge in [0.25, 0.3) is 11.8 Å². The summed E-state index contributed by atoms with van der Waals surface area (Å²) in [5, 5.41) is 7.19. The Bertz CT molecular complexity index is 1300. The molecule has 2 aromatic carbocycles. The van der Waals surface area contributed by atoms with Gasteiger partial charge < -0.3 is 16.0 Å². The first-order chi connectivity index (χ1) is 20.5. The zero-order valence-electron chi connectivity index (χ0n) is 25.1. The van der Waals surface area contributed by atoms with Crippen LogP contribution in [0.2, 0.25) is 0 Å². The summed E-state index contributed by atoms with van der Waals surface area (Å²) in [7, 11) is 1.50. The van der Waals surface area contributed by atoms with E-state index in [4.69, 9.17) is 0 Å². The van der Waals surface area contributed by atoms with Gasteiger partial charge in [-0.3, -0.25) is 33.7 Å². The smallest absolute Gasteiger partial charge is 0.261 e. The maximum Gasteiger partial charge on any atom is 0.261 e. The van der Waals surface area contributed by atoms with Crippen molar-refractivity contribution < 1.29 is 28.8 Å². The summed E-state index contributed by atoms with van der Waals surface area (Å²) in [5.41, 5.74) is 1.64. The van der Waals surface area contributed by atoms with E-state index in [1.54, 1.807) is 24.3 Å². The quantitative estimate of drug-likeness (QED) is 0.208. The molecule has 0 spiro atoms. The summed E-state index contributed by atoms with van der Waals surface area (Å²) in [6, 6.07) is 14.2. The van der Waals surface area contributed by atoms with E-state index >= 15 is 0 Å². The summed E-state index contributed by atoms with van der Waals surface area (Å²) >= 11 is 0.884. The first kappa shape index (κ1) is 33.5. The standard InChI is InChI=1S/C32H40N4O6S/c1-20(2)18-25(29(39)34-26(28(38)33-4)19-22-12-6-5-7-13-22)35-30(40)27(43-21(3)37)16-10-11-17-36-31(41)23-14-8-9-15-24(23)32(36)42/h5-9,12-15,20,25-27H,10-11,16-19H2,1-4H3,(H,33,38)(H,34,39)(H,35,40)/t25-,26-,27?/m0/s1. The fraction of sp³-hybridized carbons (Fsp3) is 0.438. The number of unbranched alkanes of at least 4 members (excludes halogenated alkanes) is 1. The van der Waals surface area contributed by atoms with Crippen LogP contribution in [0, 0.1) is 5.92 Å². The average molecular weight is 609 g/mol. The first-order valence-electron chi connectivity index (χ1n) is 14.5. The second-order valence-electron chi connectivity index (χ2n) is 11.0. The molecule has 5 amide bonds. The van der Waals surface area contributed by atoms with Crippen LogP contribution in [0.4, 0.5) is 0 Å². The third-order valence-corrected chi connectivity index (χ3v) is 8.15. The monoisotopic (exact) mass is 608 g/mol. The number of rotatable bonds is 15. The fourth-order valence-corrected chi connectivity index (χ4v) is 5.82. The molecule has 3 atom stereocenters. The van der Waals surface area contributed by atoms with E-state index in [0.29, 0.717) is 36.8 Å². The van der Waals surface area contributed by atoms with Gasteiger partial charge in [-0.1, -0.05) is 74.5 Å². The van der Waals surface area contributed by atoms with E-state index in [0.717, 1.165) is 17.3 Å². The number of hydrogen-bond acceptors (Lipinski definition) is 7. The summed E-state index contributed by atoms with van der Waals surface area (Å²) in [4.78, 5) is 77.8. The van der Waals surface area contributed by atoms with E-state index in [-0.39, 0.29) is 41.7 Å². The van der Waals surface area contributed by atoms with Gasteiger partial charge >= 0.3 is 0 Å². The van der Waals surface area contributed by atoms with Crippen LogP contribution in [0.3, 0.4) is 0 Å². The SMILES string of the molecule is CNC(=O)[C@H](Cc1ccccc1)NC(=O)[C@H](CC(C)C)NC(=O)C(CCCCN1C(=O)c2ccccc2C1=O)SC(C)=O. The molecule has 1 unspecified atom stereocenters. The van der Waals surface area contributed by atoms with Gasteiger partial charge in [-0.25, -0.2) is 0 Å². The molecule has 0 saturated heterocycles. The highest BCUT2D eigenvalue weighted by atomic mass is 32.2. The van der Waals surface area contributed by atoms with Crippen LogP contribution < -0.4 is 16.0 Å². The highest BCUT2D eigenvalue weighted by Gasteiger charge is 2.35. The van der Waals surface area contributed by atoms with Gasteiger partial charge in [-0.05, 0) is 42.9 Å². The highest BCUT2D eigenvalue weighted by Crippen LogP contribution is 2.24. The Kier molecular flexibility index (Phi) is 12.5. The Morgan fingerprint density at radius 2 is 1.37 bits per heavy atom. The molecular formula is C32H40N4O6S. The van der Waals surface area contributed by atoms with Gasteiger partial charge in [-0.2, -0.15) is 0 Å². The molecule has 0 radical (unpaired) electrons. The van der Waals surface area contributed by atoms with E-state index in [9.17, 15) is 28.8 Å². The molecular weight excluding hydrogens is 568 g/mol. The Hall–Kier alpha value is -3.99. The minimum absolute atomic E-state index is 0.0576. The molecule has 1 aliphatic heterocycles. The van der Waals surface area contributed by atoms with Crippen molar-refractivity contribution in [2.75, 3.05) is 13.6 Å². The van der Waals surface area contributed by atoms with Crippen LogP contribution in [-0.2, 0) is 25.6 Å². The molecule has 10 nitrogen and oxygen atoms in total. The average Bonchev–Trinajstić information content (AvgIpc) is 3.22. The van der Waals surface area contributed by atoms with Crippen molar-refractivity contribution >= 4 is 46.4 Å². The Balaban J connectivity index is 1.62. The molecule has 0 saturated carbocycles. The van der Waals surface area contributed by atoms with Crippen LogP contribution >= 0.6 is 11.8 Å². The lowest BCUT2D eigenvalue weighted by molar-refractivity contribution is -0.132. The zero-order chi connectivity index (χ0) is 31.5. The van der Waals surface area contributed by atoms with Crippen LogP contribution in [0.15, 0.2) is 54.6 Å². The third kappa shape index (κ3) is 9.51. The number of fused-ring (bicyclic) bond motifs is 1. The molecule has 11 heteroatoms. The number of carbonyl (C=O) groups excluding carboxylic acids is 6. The number of nitrogens with one attached hydrogen (secondary N) is 3. The molecule has 2 aromatic rings. The summed E-state index contributed by atoms with van der Waals surface area (Å²) in [6.45, 7) is 5.42. The van der Waals surface area contributed by atoms with Crippen molar-refractivity contribution in [2.24, 2.45) is 5.92 Å². The highest BCUT2D eigenvalue weighted by molar-refractivity contribution is 8.14. The summed E-state index contributed by atoms with van der Waals surface area (Å²) in [6.07, 6.45) is 1.86. The van der Waals surface area contributed by atoms with Crippen LogP contribution in [0.1, 0.15) is 72.7 Å². The van der Waals surface area contributed by atoms with Crippen LogP contribution in [0.5, 0.6) is 0 Å². The topological polar surface area (TPSA) is 142 Å². The predicted molar refractivity (Wildman–Crippen MR) is 165 cm³/mol. The maximum atomic E-state index is 13.4. The summed E-state index contributed by atoms with van der Waals surface area (Å²) < 4.78 is 0. The predicted octanol–water partition coefficient (Wildman–Crippen LogP) is 3.11. The molecule has 43 heavy (non-hydrogen) atoms. The van der Waals surface area contributed by atoms with Crippen molar-refractivity contribution in [3.05, 3.63) is 71.3 Å². The number of benzene rings is 2. The molecule has 230 valence electrons. The van der Waals surface area contributed by atoms with Crippen molar-refractivity contribution in [1.29, 1.82) is 0 Å². The van der Waals surface area contributed by atoms with E-state index < -0.39 is 29.1 Å². The van der Waals surface area contributed by atoms with Crippen molar-refractivity contribution in [1.82, 2.24) is 20.9 Å². The Labute approximate surface area is 256 Å². The van der Waals surface area contributed by atoms with Crippen molar-refractivity contribution in [3.63, 3.8) is 0 Å². The van der Waals surface area contributed by atoms with E-state index in [2.05, 4.69) is 16.0 Å². The molecule has 0 aromatic heterocycles. The Morgan fingerprint density at radius 3 is 1.93 bits per heavy atom. The number of nitrogens with zero attached hydrogens (tertiary/aromatic N) is 1. The first-order valence-corrected chi connectivity index (χ1v) is 15.4. The molecule has 3 rings (SSSR count). The normalized spacial score (nSPS) is 14.6. The van der Waals surface area contributed by atoms with Gasteiger partial charge in [-0.15, -0.1) is 0 Å². The molecule has 0 aliphatic carbocycles. The number of imide groups is 1. The molecule has 1 aliphatic rings. The number of amides is 5. The van der Waals surface area contributed by atoms with Gasteiger partial charge in [0.15, 0.2) is 5.12 Å². The summed E-state index contributed by atoms with van der Waals surface area (Å²) in [5.74, 6) is -1.90. The second kappa shape index (κ2) is 16.0. The van der Waals surface area contributed by atoms with Gasteiger partial charge in [0, 0.05) is 26.9 Å². The minimum Gasteiger partial charge on any atom is -0.357 e. The second-order valence-corrected chi connectivity index (χ2v) is 12.3. The lowest BCUT2D eigenvalue weighted by atomic mass is 10.0. The number of thioether (sulfide) groups is 1. The maximum absolute atomic E-state index is 13.4. The van der Waals surface area contributed by atoms with Crippen molar-refractivity contribution in [3.8, 4) is 0 Å². The number of likely N-dealkylation sites (N-methyl/N-ethyl adjacent to an activating group) is 1. The number of hydrogen-bond donors (Lipinski definition) is 3. The molecule has 1 heterocycles. The van der Waals surface area contributed by atoms with Gasteiger partial charge in [0.1, 0.15) is 12.1 Å². The van der Waals surface area contributed by atoms with E-state index in [1.807, 2.05) is 44.2 Å².